The van der Waals surface area contributed by atoms with Gasteiger partial charge in [-0.15, -0.1) is 16.9 Å². The summed E-state index contributed by atoms with van der Waals surface area (Å²) >= 11 is 1.68. The second-order valence-electron chi connectivity index (χ2n) is 6.29. The third-order valence-electron chi connectivity index (χ3n) is 4.04. The number of hydrogen-bond acceptors (Lipinski definition) is 3. The summed E-state index contributed by atoms with van der Waals surface area (Å²) < 4.78 is 0. The first-order chi connectivity index (χ1) is 13.6. The van der Waals surface area contributed by atoms with E-state index >= 15 is 0 Å². The minimum atomic E-state index is 0. The summed E-state index contributed by atoms with van der Waals surface area (Å²) in [7, 11) is 0. The van der Waals surface area contributed by atoms with Crippen molar-refractivity contribution in [1.82, 2.24) is 4.98 Å². The molecule has 0 bridgehead atoms. The van der Waals surface area contributed by atoms with Crippen molar-refractivity contribution in [1.29, 1.82) is 0 Å². The van der Waals surface area contributed by atoms with Crippen LogP contribution in [-0.4, -0.2) is 20.7 Å². The van der Waals surface area contributed by atoms with Crippen molar-refractivity contribution in [2.75, 3.05) is 0 Å². The topological polar surface area (TPSA) is 54.5 Å². The number of benzene rings is 3. The maximum atomic E-state index is 8.40. The van der Waals surface area contributed by atoms with Gasteiger partial charge in [0.1, 0.15) is 0 Å². The molecule has 0 saturated heterocycles. The molecule has 0 fully saturated rings. The van der Waals surface area contributed by atoms with Crippen molar-refractivity contribution in [3.8, 4) is 21.6 Å². The number of carbonyl (C=O) groups excluding carboxylic acids is 1. The Morgan fingerprint density at radius 2 is 1.79 bits per heavy atom. The molecule has 0 saturated carbocycles. The predicted molar refractivity (Wildman–Crippen MR) is 118 cm³/mol. The Kier molecular flexibility index (Phi) is 8.47. The standard InChI is InChI=1S/C19H12NS.C5H8O2.Ir/c1-2-6-14(7-3-1)16-10-4-8-15-9-5-11-17(19(15)16)18-12-20-13-21-18;1-4(6)3-5(2)7;/h1-2,4-13H;3,6H,1-2H3;/q-1;;/p+1/b;4-3-;. The maximum Gasteiger partial charge on any atom is 0.316 e. The van der Waals surface area contributed by atoms with E-state index in [1.165, 1.54) is 52.3 Å². The second kappa shape index (κ2) is 10.8. The third kappa shape index (κ3) is 5.94. The SMILES string of the molecule is CC(=[OH+])/C=C(/C)O.[Ir].[c-]1cccc(-c2cccc3cccc(-c4cncs4)c23)c1. The molecule has 0 spiro atoms. The van der Waals surface area contributed by atoms with Crippen LogP contribution in [0.15, 0.2) is 84.2 Å². The molecule has 2 N–H and O–H groups in total. The summed E-state index contributed by atoms with van der Waals surface area (Å²) in [5.74, 6) is 0.250. The minimum Gasteiger partial charge on any atom is -0.512 e. The van der Waals surface area contributed by atoms with Crippen molar-refractivity contribution in [3.63, 3.8) is 0 Å². The Labute approximate surface area is 188 Å². The average Bonchev–Trinajstić information content (AvgIpc) is 3.22. The van der Waals surface area contributed by atoms with Gasteiger partial charge in [0.25, 0.3) is 0 Å². The van der Waals surface area contributed by atoms with Crippen LogP contribution in [0.3, 0.4) is 0 Å². The molecule has 0 unspecified atom stereocenters. The van der Waals surface area contributed by atoms with Crippen LogP contribution in [0.5, 0.6) is 0 Å². The molecule has 0 amide bonds. The first kappa shape index (κ1) is 22.7. The fraction of sp³-hybridized carbons (Fsp3) is 0.0833. The van der Waals surface area contributed by atoms with E-state index in [9.17, 15) is 0 Å². The fourth-order valence-electron chi connectivity index (χ4n) is 3.00. The molecule has 1 radical (unpaired) electrons. The molecule has 3 aromatic carbocycles. The van der Waals surface area contributed by atoms with Gasteiger partial charge in [-0.3, -0.25) is 9.78 Å². The van der Waals surface area contributed by atoms with Crippen molar-refractivity contribution in [2.24, 2.45) is 0 Å². The van der Waals surface area contributed by atoms with Crippen molar-refractivity contribution in [3.05, 3.63) is 90.3 Å². The third-order valence-corrected chi connectivity index (χ3v) is 4.84. The van der Waals surface area contributed by atoms with Crippen LogP contribution >= 0.6 is 11.3 Å². The second-order valence-corrected chi connectivity index (χ2v) is 7.18. The van der Waals surface area contributed by atoms with Gasteiger partial charge in [0, 0.05) is 31.9 Å². The average molecular weight is 580 g/mol. The zero-order valence-electron chi connectivity index (χ0n) is 16.1. The smallest absolute Gasteiger partial charge is 0.316 e. The summed E-state index contributed by atoms with van der Waals surface area (Å²) in [6.07, 6.45) is 3.22. The first-order valence-corrected chi connectivity index (χ1v) is 9.71. The number of aliphatic hydroxyl groups is 1. The van der Waals surface area contributed by atoms with E-state index in [1.807, 2.05) is 29.9 Å². The van der Waals surface area contributed by atoms with Gasteiger partial charge in [0.05, 0.1) is 29.1 Å². The monoisotopic (exact) mass is 580 g/mol. The molecule has 1 heterocycles. The van der Waals surface area contributed by atoms with Gasteiger partial charge in [-0.1, -0.05) is 42.0 Å². The van der Waals surface area contributed by atoms with E-state index < -0.39 is 0 Å². The molecule has 1 aromatic heterocycles. The number of fused-ring (bicyclic) bond motifs is 1. The van der Waals surface area contributed by atoms with Crippen LogP contribution in [0.1, 0.15) is 13.8 Å². The zero-order valence-corrected chi connectivity index (χ0v) is 19.3. The molecule has 29 heavy (non-hydrogen) atoms. The molecule has 4 aromatic rings. The van der Waals surface area contributed by atoms with Crippen LogP contribution in [0.2, 0.25) is 0 Å². The van der Waals surface area contributed by atoms with E-state index in [0.717, 1.165) is 0 Å². The van der Waals surface area contributed by atoms with E-state index in [4.69, 9.17) is 9.90 Å². The van der Waals surface area contributed by atoms with E-state index in [1.54, 1.807) is 11.3 Å². The Hall–Kier alpha value is -2.59. The Morgan fingerprint density at radius 3 is 2.31 bits per heavy atom. The van der Waals surface area contributed by atoms with Gasteiger partial charge in [0.15, 0.2) is 0 Å². The van der Waals surface area contributed by atoms with E-state index in [-0.39, 0.29) is 31.6 Å². The molecule has 3 nitrogen and oxygen atoms in total. The maximum absolute atomic E-state index is 8.40. The molecule has 0 aliphatic heterocycles. The van der Waals surface area contributed by atoms with Crippen LogP contribution in [0.4, 0.5) is 0 Å². The molecule has 5 heteroatoms. The van der Waals surface area contributed by atoms with Crippen molar-refractivity contribution < 1.29 is 30.0 Å². The van der Waals surface area contributed by atoms with Gasteiger partial charge >= 0.3 is 5.78 Å². The van der Waals surface area contributed by atoms with Gasteiger partial charge in [0.2, 0.25) is 0 Å². The molecular formula is C24H21IrNO2S. The number of nitrogens with zero attached hydrogens (tertiary/aromatic N) is 1. The van der Waals surface area contributed by atoms with Crippen LogP contribution < -0.4 is 0 Å². The zero-order chi connectivity index (χ0) is 19.9. The molecule has 0 atom stereocenters. The Balaban J connectivity index is 0.000000327. The molecule has 149 valence electrons. The molecule has 4 rings (SSSR count). The predicted octanol–water partition coefficient (Wildman–Crippen LogP) is 6.44. The van der Waals surface area contributed by atoms with Crippen molar-refractivity contribution in [2.45, 2.75) is 13.8 Å². The summed E-state index contributed by atoms with van der Waals surface area (Å²) in [5.41, 5.74) is 5.57. The van der Waals surface area contributed by atoms with Gasteiger partial charge in [-0.05, 0) is 17.7 Å². The van der Waals surface area contributed by atoms with Gasteiger partial charge < -0.3 is 5.11 Å². The number of thiazole rings is 1. The summed E-state index contributed by atoms with van der Waals surface area (Å²) in [6, 6.07) is 24.2. The quantitative estimate of drug-likeness (QED) is 0.131. The number of rotatable bonds is 3. The van der Waals surface area contributed by atoms with Crippen molar-refractivity contribution >= 4 is 27.9 Å². The van der Waals surface area contributed by atoms with Crippen LogP contribution in [-0.2, 0) is 20.1 Å². The van der Waals surface area contributed by atoms with Gasteiger partial charge in [-0.25, -0.2) is 0 Å². The Bertz CT molecular complexity index is 1100. The number of aromatic nitrogens is 1. The minimum absolute atomic E-state index is 0. The van der Waals surface area contributed by atoms with Crippen LogP contribution in [0, 0.1) is 6.07 Å². The summed E-state index contributed by atoms with van der Waals surface area (Å²) in [6.45, 7) is 3.00. The molecule has 0 aliphatic carbocycles. The summed E-state index contributed by atoms with van der Waals surface area (Å²) in [5, 5.41) is 10.9. The normalized spacial score (nSPS) is 10.6. The number of allylic oxidation sites excluding steroid dienone is 2. The van der Waals surface area contributed by atoms with E-state index in [0.29, 0.717) is 0 Å². The number of ketones is 1. The van der Waals surface area contributed by atoms with Gasteiger partial charge in [-0.2, -0.15) is 30.3 Å². The summed E-state index contributed by atoms with van der Waals surface area (Å²) in [4.78, 5) is 13.8. The fourth-order valence-corrected chi connectivity index (χ4v) is 3.65. The Morgan fingerprint density at radius 1 is 1.07 bits per heavy atom. The molecular weight excluding hydrogens is 559 g/mol. The van der Waals surface area contributed by atoms with E-state index in [2.05, 4.69) is 53.5 Å². The van der Waals surface area contributed by atoms with Crippen LogP contribution in [0.25, 0.3) is 32.3 Å². The largest absolute Gasteiger partial charge is 0.512 e. The first-order valence-electron chi connectivity index (χ1n) is 8.83. The number of aliphatic hydroxyl groups excluding tert-OH is 1. The molecule has 0 aliphatic rings. The number of hydrogen-bond donors (Lipinski definition) is 1.